The quantitative estimate of drug-likeness (QED) is 0.725. The SMILES string of the molecule is CC(N)Cc1cc(Br)ccc1Sc1nc2ccccc2[nH]1. The monoisotopic (exact) mass is 361 g/mol. The van der Waals surface area contributed by atoms with E-state index >= 15 is 0 Å². The standard InChI is InChI=1S/C16H16BrN3S/c1-10(18)8-11-9-12(17)6-7-15(11)21-16-19-13-4-2-3-5-14(13)20-16/h2-7,9-10H,8,18H2,1H3,(H,19,20). The predicted molar refractivity (Wildman–Crippen MR) is 91.7 cm³/mol. The van der Waals surface area contributed by atoms with Gasteiger partial charge in [0.05, 0.1) is 11.0 Å². The molecule has 3 aromatic rings. The molecule has 0 amide bonds. The first-order chi connectivity index (χ1) is 10.1. The van der Waals surface area contributed by atoms with Gasteiger partial charge in [0, 0.05) is 15.4 Å². The van der Waals surface area contributed by atoms with E-state index in [-0.39, 0.29) is 6.04 Å². The summed E-state index contributed by atoms with van der Waals surface area (Å²) in [4.78, 5) is 9.15. The van der Waals surface area contributed by atoms with Crippen LogP contribution in [-0.2, 0) is 6.42 Å². The molecule has 0 saturated carbocycles. The van der Waals surface area contributed by atoms with E-state index in [9.17, 15) is 0 Å². The molecule has 0 aliphatic heterocycles. The van der Waals surface area contributed by atoms with E-state index in [4.69, 9.17) is 5.73 Å². The Balaban J connectivity index is 1.93. The number of imidazole rings is 1. The number of aromatic nitrogens is 2. The second kappa shape index (κ2) is 6.22. The molecule has 5 heteroatoms. The van der Waals surface area contributed by atoms with E-state index < -0.39 is 0 Å². The van der Waals surface area contributed by atoms with Crippen molar-refractivity contribution >= 4 is 38.7 Å². The van der Waals surface area contributed by atoms with Gasteiger partial charge >= 0.3 is 0 Å². The van der Waals surface area contributed by atoms with Crippen LogP contribution in [-0.4, -0.2) is 16.0 Å². The van der Waals surface area contributed by atoms with Crippen molar-refractivity contribution in [1.29, 1.82) is 0 Å². The number of nitrogens with zero attached hydrogens (tertiary/aromatic N) is 1. The summed E-state index contributed by atoms with van der Waals surface area (Å²) < 4.78 is 1.08. The van der Waals surface area contributed by atoms with Gasteiger partial charge in [-0.05, 0) is 49.2 Å². The Morgan fingerprint density at radius 1 is 1.29 bits per heavy atom. The van der Waals surface area contributed by atoms with Crippen LogP contribution in [0.2, 0.25) is 0 Å². The third kappa shape index (κ3) is 3.48. The molecule has 2 aromatic carbocycles. The molecule has 108 valence electrons. The fraction of sp³-hybridized carbons (Fsp3) is 0.188. The second-order valence-corrected chi connectivity index (χ2v) is 7.04. The molecule has 3 nitrogen and oxygen atoms in total. The van der Waals surface area contributed by atoms with E-state index in [1.165, 1.54) is 10.5 Å². The number of aromatic amines is 1. The van der Waals surface area contributed by atoms with Crippen molar-refractivity contribution in [3.8, 4) is 0 Å². The number of H-pyrrole nitrogens is 1. The topological polar surface area (TPSA) is 54.7 Å². The summed E-state index contributed by atoms with van der Waals surface area (Å²) >= 11 is 5.17. The van der Waals surface area contributed by atoms with Crippen LogP contribution in [0.1, 0.15) is 12.5 Å². The lowest BCUT2D eigenvalue weighted by Gasteiger charge is -2.10. The minimum atomic E-state index is 0.134. The van der Waals surface area contributed by atoms with Crippen molar-refractivity contribution in [2.24, 2.45) is 5.73 Å². The highest BCUT2D eigenvalue weighted by atomic mass is 79.9. The molecular formula is C16H16BrN3S. The summed E-state index contributed by atoms with van der Waals surface area (Å²) in [6.45, 7) is 2.02. The molecule has 3 N–H and O–H groups in total. The second-order valence-electron chi connectivity index (χ2n) is 5.09. The number of benzene rings is 2. The van der Waals surface area contributed by atoms with Crippen molar-refractivity contribution in [2.45, 2.75) is 29.4 Å². The highest BCUT2D eigenvalue weighted by Crippen LogP contribution is 2.32. The molecule has 0 radical (unpaired) electrons. The van der Waals surface area contributed by atoms with Crippen LogP contribution in [0, 0.1) is 0 Å². The molecule has 0 fully saturated rings. The van der Waals surface area contributed by atoms with Crippen LogP contribution in [0.4, 0.5) is 0 Å². The zero-order valence-corrected chi connectivity index (χ0v) is 14.0. The first kappa shape index (κ1) is 14.6. The number of hydrogen-bond acceptors (Lipinski definition) is 3. The van der Waals surface area contributed by atoms with Crippen LogP contribution in [0.5, 0.6) is 0 Å². The highest BCUT2D eigenvalue weighted by Gasteiger charge is 2.10. The van der Waals surface area contributed by atoms with Crippen molar-refractivity contribution in [3.05, 3.63) is 52.5 Å². The molecule has 3 rings (SSSR count). The number of rotatable bonds is 4. The minimum absolute atomic E-state index is 0.134. The number of para-hydroxylation sites is 2. The fourth-order valence-electron chi connectivity index (χ4n) is 2.24. The molecular weight excluding hydrogens is 346 g/mol. The van der Waals surface area contributed by atoms with E-state index in [1.54, 1.807) is 11.8 Å². The maximum absolute atomic E-state index is 5.95. The molecule has 0 saturated heterocycles. The van der Waals surface area contributed by atoms with Crippen LogP contribution in [0.25, 0.3) is 11.0 Å². The molecule has 0 aliphatic carbocycles. The van der Waals surface area contributed by atoms with Crippen LogP contribution < -0.4 is 5.73 Å². The maximum Gasteiger partial charge on any atom is 0.171 e. The average Bonchev–Trinajstić information content (AvgIpc) is 2.83. The molecule has 0 aliphatic rings. The summed E-state index contributed by atoms with van der Waals surface area (Å²) in [5, 5.41) is 0.907. The predicted octanol–water partition coefficient (Wildman–Crippen LogP) is 4.37. The van der Waals surface area contributed by atoms with Crippen molar-refractivity contribution in [1.82, 2.24) is 9.97 Å². The normalized spacial score (nSPS) is 12.7. The largest absolute Gasteiger partial charge is 0.333 e. The summed E-state index contributed by atoms with van der Waals surface area (Å²) in [7, 11) is 0. The van der Waals surface area contributed by atoms with Gasteiger partial charge in [-0.2, -0.15) is 0 Å². The Morgan fingerprint density at radius 3 is 2.86 bits per heavy atom. The van der Waals surface area contributed by atoms with Crippen molar-refractivity contribution in [2.75, 3.05) is 0 Å². The van der Waals surface area contributed by atoms with Crippen LogP contribution in [0.15, 0.2) is 57.0 Å². The van der Waals surface area contributed by atoms with Crippen LogP contribution in [0.3, 0.4) is 0 Å². The average molecular weight is 362 g/mol. The van der Waals surface area contributed by atoms with Crippen molar-refractivity contribution in [3.63, 3.8) is 0 Å². The summed E-state index contributed by atoms with van der Waals surface area (Å²) in [5.41, 5.74) is 9.24. The summed E-state index contributed by atoms with van der Waals surface area (Å²) in [6.07, 6.45) is 0.849. The Hall–Kier alpha value is -1.30. The summed E-state index contributed by atoms with van der Waals surface area (Å²) in [6, 6.07) is 14.5. The molecule has 0 spiro atoms. The smallest absolute Gasteiger partial charge is 0.171 e. The lowest BCUT2D eigenvalue weighted by Crippen LogP contribution is -2.18. The first-order valence-corrected chi connectivity index (χ1v) is 8.39. The van der Waals surface area contributed by atoms with E-state index in [0.29, 0.717) is 0 Å². The Morgan fingerprint density at radius 2 is 2.10 bits per heavy atom. The van der Waals surface area contributed by atoms with E-state index in [0.717, 1.165) is 27.1 Å². The minimum Gasteiger partial charge on any atom is -0.333 e. The van der Waals surface area contributed by atoms with E-state index in [2.05, 4.69) is 44.1 Å². The van der Waals surface area contributed by atoms with Crippen molar-refractivity contribution < 1.29 is 0 Å². The number of fused-ring (bicyclic) bond motifs is 1. The van der Waals surface area contributed by atoms with Gasteiger partial charge in [-0.3, -0.25) is 0 Å². The molecule has 1 aromatic heterocycles. The Bertz CT molecular complexity index is 734. The van der Waals surface area contributed by atoms with Gasteiger partial charge < -0.3 is 10.7 Å². The first-order valence-electron chi connectivity index (χ1n) is 6.78. The fourth-order valence-corrected chi connectivity index (χ4v) is 3.57. The lowest BCUT2D eigenvalue weighted by molar-refractivity contribution is 0.729. The van der Waals surface area contributed by atoms with Gasteiger partial charge in [0.2, 0.25) is 0 Å². The molecule has 21 heavy (non-hydrogen) atoms. The number of hydrogen-bond donors (Lipinski definition) is 2. The van der Waals surface area contributed by atoms with Gasteiger partial charge in [-0.15, -0.1) is 0 Å². The molecule has 1 atom stereocenters. The number of nitrogens with two attached hydrogens (primary N) is 1. The third-order valence-electron chi connectivity index (χ3n) is 3.14. The van der Waals surface area contributed by atoms with Crippen LogP contribution >= 0.6 is 27.7 Å². The number of nitrogens with one attached hydrogen (secondary N) is 1. The third-order valence-corrected chi connectivity index (χ3v) is 4.64. The summed E-state index contributed by atoms with van der Waals surface area (Å²) in [5.74, 6) is 0. The van der Waals surface area contributed by atoms with Gasteiger partial charge in [0.1, 0.15) is 0 Å². The Labute approximate surface area is 136 Å². The van der Waals surface area contributed by atoms with Gasteiger partial charge in [-0.25, -0.2) is 4.98 Å². The lowest BCUT2D eigenvalue weighted by atomic mass is 10.1. The van der Waals surface area contributed by atoms with E-state index in [1.807, 2.05) is 31.2 Å². The zero-order valence-electron chi connectivity index (χ0n) is 11.6. The number of halogens is 1. The molecule has 1 heterocycles. The zero-order chi connectivity index (χ0) is 14.8. The highest BCUT2D eigenvalue weighted by molar-refractivity contribution is 9.10. The Kier molecular flexibility index (Phi) is 4.33. The van der Waals surface area contributed by atoms with Gasteiger partial charge in [-0.1, -0.05) is 39.8 Å². The van der Waals surface area contributed by atoms with Gasteiger partial charge in [0.25, 0.3) is 0 Å². The maximum atomic E-state index is 5.95. The van der Waals surface area contributed by atoms with Gasteiger partial charge in [0.15, 0.2) is 5.16 Å². The molecule has 1 unspecified atom stereocenters. The molecule has 0 bridgehead atoms.